The van der Waals surface area contributed by atoms with Crippen molar-refractivity contribution in [1.82, 2.24) is 10.6 Å². The van der Waals surface area contributed by atoms with E-state index in [4.69, 9.17) is 9.47 Å². The topological polar surface area (TPSA) is 76.7 Å². The van der Waals surface area contributed by atoms with Gasteiger partial charge in [0.15, 0.2) is 0 Å². The lowest BCUT2D eigenvalue weighted by Gasteiger charge is -2.29. The van der Waals surface area contributed by atoms with Crippen LogP contribution in [-0.2, 0) is 19.1 Å². The van der Waals surface area contributed by atoms with Crippen molar-refractivity contribution in [2.45, 2.75) is 25.0 Å². The third-order valence-electron chi connectivity index (χ3n) is 3.77. The minimum Gasteiger partial charge on any atom is -0.468 e. The fourth-order valence-corrected chi connectivity index (χ4v) is 2.50. The quantitative estimate of drug-likeness (QED) is 0.776. The van der Waals surface area contributed by atoms with Gasteiger partial charge in [-0.2, -0.15) is 0 Å². The van der Waals surface area contributed by atoms with E-state index in [1.54, 1.807) is 0 Å². The van der Waals surface area contributed by atoms with Gasteiger partial charge in [0, 0.05) is 13.1 Å². The van der Waals surface area contributed by atoms with Crippen LogP contribution >= 0.6 is 12.4 Å². The first-order chi connectivity index (χ1) is 10.6. The molecule has 0 spiro atoms. The highest BCUT2D eigenvalue weighted by Crippen LogP contribution is 2.16. The van der Waals surface area contributed by atoms with Crippen LogP contribution in [0.25, 0.3) is 0 Å². The summed E-state index contributed by atoms with van der Waals surface area (Å²) in [6.07, 6.45) is -0.193. The molecule has 23 heavy (non-hydrogen) atoms. The summed E-state index contributed by atoms with van der Waals surface area (Å²) in [7, 11) is 1.35. The number of rotatable bonds is 5. The zero-order valence-corrected chi connectivity index (χ0v) is 14.1. The summed E-state index contributed by atoms with van der Waals surface area (Å²) in [4.78, 5) is 24.2. The Morgan fingerprint density at radius 3 is 2.70 bits per heavy atom. The van der Waals surface area contributed by atoms with Gasteiger partial charge < -0.3 is 20.1 Å². The fraction of sp³-hybridized carbons (Fsp3) is 0.500. The van der Waals surface area contributed by atoms with Gasteiger partial charge in [0.05, 0.1) is 25.7 Å². The van der Waals surface area contributed by atoms with Crippen molar-refractivity contribution in [3.05, 3.63) is 35.9 Å². The van der Waals surface area contributed by atoms with E-state index < -0.39 is 12.0 Å². The molecule has 2 N–H and O–H groups in total. The highest BCUT2D eigenvalue weighted by atomic mass is 35.5. The molecule has 1 aliphatic rings. The lowest BCUT2D eigenvalue weighted by Crippen LogP contribution is -2.56. The van der Waals surface area contributed by atoms with Crippen LogP contribution in [0.5, 0.6) is 0 Å². The van der Waals surface area contributed by atoms with Gasteiger partial charge in [0.2, 0.25) is 5.91 Å². The number of halogens is 1. The van der Waals surface area contributed by atoms with Crippen molar-refractivity contribution < 1.29 is 19.1 Å². The summed E-state index contributed by atoms with van der Waals surface area (Å²) >= 11 is 0. The smallest absolute Gasteiger partial charge is 0.314 e. The summed E-state index contributed by atoms with van der Waals surface area (Å²) < 4.78 is 10.3. The molecule has 1 saturated heterocycles. The number of esters is 1. The predicted molar refractivity (Wildman–Crippen MR) is 88.7 cm³/mol. The third kappa shape index (κ3) is 5.20. The predicted octanol–water partition coefficient (Wildman–Crippen LogP) is 0.858. The Labute approximate surface area is 142 Å². The number of benzene rings is 1. The van der Waals surface area contributed by atoms with E-state index in [0.29, 0.717) is 13.2 Å². The Morgan fingerprint density at radius 1 is 1.39 bits per heavy atom. The average Bonchev–Trinajstić information content (AvgIpc) is 2.56. The van der Waals surface area contributed by atoms with Gasteiger partial charge in [-0.05, 0) is 12.5 Å². The molecular weight excluding hydrogens is 320 g/mol. The summed E-state index contributed by atoms with van der Waals surface area (Å²) in [5.41, 5.74) is 0.815. The number of amides is 1. The molecule has 2 rings (SSSR count). The number of morpholine rings is 1. The van der Waals surface area contributed by atoms with Gasteiger partial charge in [-0.3, -0.25) is 9.59 Å². The van der Waals surface area contributed by atoms with Gasteiger partial charge >= 0.3 is 5.97 Å². The van der Waals surface area contributed by atoms with Crippen LogP contribution in [0.15, 0.2) is 30.3 Å². The van der Waals surface area contributed by atoms with Crippen molar-refractivity contribution in [2.75, 3.05) is 26.8 Å². The summed E-state index contributed by atoms with van der Waals surface area (Å²) in [5, 5.41) is 5.94. The number of carbonyl (C=O) groups excluding carboxylic acids is 2. The van der Waals surface area contributed by atoms with Gasteiger partial charge in [0.1, 0.15) is 6.04 Å². The second kappa shape index (κ2) is 9.50. The maximum atomic E-state index is 12.2. The van der Waals surface area contributed by atoms with Crippen molar-refractivity contribution in [3.8, 4) is 0 Å². The summed E-state index contributed by atoms with van der Waals surface area (Å²) in [6.45, 7) is 3.28. The Morgan fingerprint density at radius 2 is 2.09 bits per heavy atom. The number of methoxy groups -OCH3 is 1. The molecule has 0 aromatic heterocycles. The highest BCUT2D eigenvalue weighted by molar-refractivity contribution is 5.85. The first kappa shape index (κ1) is 19.4. The van der Waals surface area contributed by atoms with E-state index in [2.05, 4.69) is 10.6 Å². The van der Waals surface area contributed by atoms with E-state index in [1.807, 2.05) is 37.3 Å². The zero-order chi connectivity index (χ0) is 15.9. The number of ether oxygens (including phenoxy) is 2. The second-order valence-corrected chi connectivity index (χ2v) is 5.24. The molecule has 0 saturated carbocycles. The van der Waals surface area contributed by atoms with E-state index in [1.165, 1.54) is 7.11 Å². The molecule has 1 aromatic carbocycles. The Bertz CT molecular complexity index is 512. The minimum atomic E-state index is -0.519. The molecule has 6 nitrogen and oxygen atoms in total. The molecule has 7 heteroatoms. The summed E-state index contributed by atoms with van der Waals surface area (Å²) in [6, 6.07) is 8.87. The average molecular weight is 343 g/mol. The number of carbonyl (C=O) groups is 2. The first-order valence-corrected chi connectivity index (χ1v) is 7.39. The lowest BCUT2D eigenvalue weighted by molar-refractivity contribution is -0.142. The number of nitrogens with one attached hydrogen (secondary N) is 2. The van der Waals surface area contributed by atoms with Gasteiger partial charge in [-0.1, -0.05) is 30.3 Å². The van der Waals surface area contributed by atoms with E-state index in [0.717, 1.165) is 5.56 Å². The molecular formula is C16H23ClN2O4. The molecule has 1 heterocycles. The van der Waals surface area contributed by atoms with Gasteiger partial charge in [-0.15, -0.1) is 12.4 Å². The second-order valence-electron chi connectivity index (χ2n) is 5.24. The van der Waals surface area contributed by atoms with Crippen LogP contribution in [0, 0.1) is 0 Å². The Kier molecular flexibility index (Phi) is 8.02. The van der Waals surface area contributed by atoms with E-state index >= 15 is 0 Å². The molecule has 0 bridgehead atoms. The van der Waals surface area contributed by atoms with Crippen molar-refractivity contribution in [3.63, 3.8) is 0 Å². The van der Waals surface area contributed by atoms with Crippen LogP contribution < -0.4 is 10.6 Å². The number of hydrogen-bond donors (Lipinski definition) is 2. The molecule has 1 amide bonds. The molecule has 1 fully saturated rings. The normalized spacial score (nSPS) is 21.7. The Balaban J connectivity index is 0.00000264. The molecule has 3 atom stereocenters. The Hall–Kier alpha value is -1.63. The monoisotopic (exact) mass is 342 g/mol. The van der Waals surface area contributed by atoms with Crippen molar-refractivity contribution in [1.29, 1.82) is 0 Å². The minimum absolute atomic E-state index is 0. The fourth-order valence-electron chi connectivity index (χ4n) is 2.50. The molecule has 1 unspecified atom stereocenters. The standard InChI is InChI=1S/C16H22N2O4.ClH/c1-11-14(17-8-9-22-11)15(19)18-10-13(16(20)21-2)12-6-4-3-5-7-12;/h3-7,11,13-14,17H,8-10H2,1-2H3,(H,18,19);1H/t11-,13?,14+;/m1./s1. The molecule has 128 valence electrons. The molecule has 1 aromatic rings. The highest BCUT2D eigenvalue weighted by Gasteiger charge is 2.29. The van der Waals surface area contributed by atoms with Crippen LogP contribution in [-0.4, -0.2) is 50.8 Å². The van der Waals surface area contributed by atoms with Crippen LogP contribution in [0.4, 0.5) is 0 Å². The van der Waals surface area contributed by atoms with Crippen LogP contribution in [0.2, 0.25) is 0 Å². The van der Waals surface area contributed by atoms with E-state index in [9.17, 15) is 9.59 Å². The SMILES string of the molecule is COC(=O)C(CNC(=O)[C@H]1NCCO[C@@H]1C)c1ccccc1.Cl. The maximum absolute atomic E-state index is 12.2. The third-order valence-corrected chi connectivity index (χ3v) is 3.77. The van der Waals surface area contributed by atoms with Crippen LogP contribution in [0.1, 0.15) is 18.4 Å². The molecule has 0 radical (unpaired) electrons. The zero-order valence-electron chi connectivity index (χ0n) is 13.3. The summed E-state index contributed by atoms with van der Waals surface area (Å²) in [5.74, 6) is -1.06. The van der Waals surface area contributed by atoms with Crippen molar-refractivity contribution in [2.24, 2.45) is 0 Å². The van der Waals surface area contributed by atoms with Gasteiger partial charge in [0.25, 0.3) is 0 Å². The van der Waals surface area contributed by atoms with Gasteiger partial charge in [-0.25, -0.2) is 0 Å². The first-order valence-electron chi connectivity index (χ1n) is 7.39. The largest absolute Gasteiger partial charge is 0.468 e. The number of hydrogen-bond acceptors (Lipinski definition) is 5. The van der Waals surface area contributed by atoms with Crippen molar-refractivity contribution >= 4 is 24.3 Å². The maximum Gasteiger partial charge on any atom is 0.314 e. The lowest BCUT2D eigenvalue weighted by atomic mass is 9.99. The van der Waals surface area contributed by atoms with Crippen LogP contribution in [0.3, 0.4) is 0 Å². The molecule has 1 aliphatic heterocycles. The van der Waals surface area contributed by atoms with E-state index in [-0.39, 0.29) is 36.9 Å². The molecule has 0 aliphatic carbocycles.